The van der Waals surface area contributed by atoms with Gasteiger partial charge in [0.1, 0.15) is 6.54 Å². The van der Waals surface area contributed by atoms with E-state index in [0.29, 0.717) is 12.2 Å². The summed E-state index contributed by atoms with van der Waals surface area (Å²) in [7, 11) is 0. The van der Waals surface area contributed by atoms with Gasteiger partial charge in [0.25, 0.3) is 0 Å². The zero-order valence-electron chi connectivity index (χ0n) is 16.2. The predicted octanol–water partition coefficient (Wildman–Crippen LogP) is 2.62. The molecule has 0 aliphatic carbocycles. The smallest absolute Gasteiger partial charge is 0.316 e. The van der Waals surface area contributed by atoms with Gasteiger partial charge in [0.15, 0.2) is 0 Å². The van der Waals surface area contributed by atoms with Crippen molar-refractivity contribution >= 4 is 11.6 Å². The molecule has 0 atom stereocenters. The third kappa shape index (κ3) is 4.46. The van der Waals surface area contributed by atoms with E-state index >= 15 is 0 Å². The minimum Gasteiger partial charge on any atom is -0.324 e. The molecule has 2 aromatic carbocycles. The van der Waals surface area contributed by atoms with Crippen LogP contribution in [0, 0.1) is 20.8 Å². The highest BCUT2D eigenvalue weighted by Gasteiger charge is 2.10. The lowest BCUT2D eigenvalue weighted by atomic mass is 10.1. The number of hydrogen-bond acceptors (Lipinski definition) is 3. The lowest BCUT2D eigenvalue weighted by molar-refractivity contribution is -0.116. The predicted molar refractivity (Wildman–Crippen MR) is 110 cm³/mol. The first kappa shape index (κ1) is 19.4. The number of nitrogens with zero attached hydrogens (tertiary/aromatic N) is 2. The van der Waals surface area contributed by atoms with Crippen LogP contribution in [0.15, 0.2) is 64.4 Å². The van der Waals surface area contributed by atoms with Crippen molar-refractivity contribution in [2.75, 3.05) is 5.32 Å². The molecular weight excluding hydrogens is 354 g/mol. The van der Waals surface area contributed by atoms with Crippen LogP contribution in [0.3, 0.4) is 0 Å². The van der Waals surface area contributed by atoms with Crippen molar-refractivity contribution in [3.05, 3.63) is 97.8 Å². The molecule has 0 aliphatic heterocycles. The van der Waals surface area contributed by atoms with Gasteiger partial charge in [0.05, 0.1) is 6.54 Å². The molecule has 0 saturated carbocycles. The van der Waals surface area contributed by atoms with Gasteiger partial charge < -0.3 is 9.88 Å². The molecule has 0 unspecified atom stereocenters. The van der Waals surface area contributed by atoms with E-state index in [4.69, 9.17) is 0 Å². The fraction of sp³-hybridized carbons (Fsp3) is 0.227. The molecule has 6 heteroatoms. The van der Waals surface area contributed by atoms with E-state index in [0.717, 1.165) is 26.8 Å². The molecule has 144 valence electrons. The van der Waals surface area contributed by atoms with Crippen LogP contribution in [0.1, 0.15) is 22.3 Å². The highest BCUT2D eigenvalue weighted by Crippen LogP contribution is 2.15. The summed E-state index contributed by atoms with van der Waals surface area (Å²) in [6.07, 6.45) is 3.01. The fourth-order valence-electron chi connectivity index (χ4n) is 2.98. The molecule has 0 saturated heterocycles. The average molecular weight is 377 g/mol. The number of anilines is 1. The van der Waals surface area contributed by atoms with E-state index in [1.807, 2.05) is 63.2 Å². The van der Waals surface area contributed by atoms with Crippen LogP contribution in [0.4, 0.5) is 5.69 Å². The monoisotopic (exact) mass is 377 g/mol. The van der Waals surface area contributed by atoms with Crippen LogP contribution in [-0.2, 0) is 17.9 Å². The first-order valence-electron chi connectivity index (χ1n) is 9.06. The quantitative estimate of drug-likeness (QED) is 0.695. The van der Waals surface area contributed by atoms with E-state index < -0.39 is 11.1 Å². The second kappa shape index (κ2) is 8.08. The highest BCUT2D eigenvalue weighted by molar-refractivity contribution is 5.91. The van der Waals surface area contributed by atoms with Crippen LogP contribution in [0.2, 0.25) is 0 Å². The number of nitrogens with one attached hydrogen (secondary N) is 1. The Morgan fingerprint density at radius 3 is 2.14 bits per heavy atom. The number of benzene rings is 2. The van der Waals surface area contributed by atoms with Gasteiger partial charge in [-0.15, -0.1) is 0 Å². The largest absolute Gasteiger partial charge is 0.324 e. The summed E-state index contributed by atoms with van der Waals surface area (Å²) >= 11 is 0. The van der Waals surface area contributed by atoms with Crippen LogP contribution in [0.25, 0.3) is 0 Å². The van der Waals surface area contributed by atoms with Crippen molar-refractivity contribution in [1.82, 2.24) is 9.13 Å². The maximum Gasteiger partial charge on any atom is 0.316 e. The molecule has 0 bridgehead atoms. The van der Waals surface area contributed by atoms with Gasteiger partial charge >= 0.3 is 11.1 Å². The van der Waals surface area contributed by atoms with Crippen molar-refractivity contribution in [1.29, 1.82) is 0 Å². The van der Waals surface area contributed by atoms with Crippen molar-refractivity contribution < 1.29 is 4.79 Å². The van der Waals surface area contributed by atoms with Crippen molar-refractivity contribution in [3.8, 4) is 0 Å². The number of carbonyl (C=O) groups is 1. The molecule has 1 heterocycles. The molecule has 3 rings (SSSR count). The maximum atomic E-state index is 12.4. The molecule has 0 radical (unpaired) electrons. The summed E-state index contributed by atoms with van der Waals surface area (Å²) in [6, 6.07) is 13.5. The second-order valence-electron chi connectivity index (χ2n) is 7.02. The van der Waals surface area contributed by atoms with Gasteiger partial charge in [-0.05, 0) is 38.0 Å². The molecule has 0 fully saturated rings. The Morgan fingerprint density at radius 1 is 0.857 bits per heavy atom. The molecule has 3 aromatic rings. The van der Waals surface area contributed by atoms with Crippen LogP contribution < -0.4 is 16.4 Å². The first-order valence-corrected chi connectivity index (χ1v) is 9.06. The SMILES string of the molecule is Cc1ccc(Cn2ccn(CC(=O)Nc3ccc(C)cc3C)c(=O)c2=O)cc1. The molecule has 1 aromatic heterocycles. The number of hydrogen-bond donors (Lipinski definition) is 1. The molecule has 1 N–H and O–H groups in total. The molecule has 0 spiro atoms. The zero-order chi connectivity index (χ0) is 20.3. The Morgan fingerprint density at radius 2 is 1.46 bits per heavy atom. The Kier molecular flexibility index (Phi) is 5.59. The normalized spacial score (nSPS) is 10.7. The lowest BCUT2D eigenvalue weighted by Crippen LogP contribution is -2.42. The van der Waals surface area contributed by atoms with Gasteiger partial charge in [-0.25, -0.2) is 0 Å². The standard InChI is InChI=1S/C22H23N3O3/c1-15-4-7-18(8-5-15)13-24-10-11-25(22(28)21(24)27)14-20(26)23-19-9-6-16(2)12-17(19)3/h4-12H,13-14H2,1-3H3,(H,23,26). The van der Waals surface area contributed by atoms with E-state index in [9.17, 15) is 14.4 Å². The molecule has 1 amide bonds. The summed E-state index contributed by atoms with van der Waals surface area (Å²) in [5, 5.41) is 2.78. The molecule has 0 aliphatic rings. The summed E-state index contributed by atoms with van der Waals surface area (Å²) in [5.41, 5.74) is 3.42. The Hall–Kier alpha value is -3.41. The first-order chi connectivity index (χ1) is 13.3. The van der Waals surface area contributed by atoms with E-state index in [1.54, 1.807) is 0 Å². The van der Waals surface area contributed by atoms with E-state index in [1.165, 1.54) is 17.0 Å². The van der Waals surface area contributed by atoms with Crippen LogP contribution in [-0.4, -0.2) is 15.0 Å². The lowest BCUT2D eigenvalue weighted by Gasteiger charge is -2.11. The number of carbonyl (C=O) groups excluding carboxylic acids is 1. The Labute approximate surface area is 163 Å². The highest BCUT2D eigenvalue weighted by atomic mass is 16.2. The van der Waals surface area contributed by atoms with E-state index in [-0.39, 0.29) is 12.5 Å². The van der Waals surface area contributed by atoms with Crippen LogP contribution >= 0.6 is 0 Å². The minimum atomic E-state index is -0.717. The number of rotatable bonds is 5. The third-order valence-electron chi connectivity index (χ3n) is 4.57. The second-order valence-corrected chi connectivity index (χ2v) is 7.02. The topological polar surface area (TPSA) is 73.1 Å². The van der Waals surface area contributed by atoms with Crippen molar-refractivity contribution in [3.63, 3.8) is 0 Å². The minimum absolute atomic E-state index is 0.216. The summed E-state index contributed by atoms with van der Waals surface area (Å²) in [4.78, 5) is 37.1. The summed E-state index contributed by atoms with van der Waals surface area (Å²) in [5.74, 6) is -0.357. The van der Waals surface area contributed by atoms with Gasteiger partial charge in [-0.3, -0.25) is 19.0 Å². The van der Waals surface area contributed by atoms with Crippen molar-refractivity contribution in [2.45, 2.75) is 33.9 Å². The number of aromatic nitrogens is 2. The van der Waals surface area contributed by atoms with Gasteiger partial charge in [0, 0.05) is 18.1 Å². The van der Waals surface area contributed by atoms with E-state index in [2.05, 4.69) is 5.32 Å². The van der Waals surface area contributed by atoms with Gasteiger partial charge in [0.2, 0.25) is 5.91 Å². The molecular formula is C22H23N3O3. The maximum absolute atomic E-state index is 12.4. The van der Waals surface area contributed by atoms with Crippen LogP contribution in [0.5, 0.6) is 0 Å². The third-order valence-corrected chi connectivity index (χ3v) is 4.57. The van der Waals surface area contributed by atoms with Gasteiger partial charge in [-0.2, -0.15) is 0 Å². The number of amides is 1. The van der Waals surface area contributed by atoms with Crippen molar-refractivity contribution in [2.24, 2.45) is 0 Å². The molecule has 28 heavy (non-hydrogen) atoms. The zero-order valence-corrected chi connectivity index (χ0v) is 16.2. The Bertz CT molecular complexity index is 1120. The summed E-state index contributed by atoms with van der Waals surface area (Å²) < 4.78 is 2.48. The molecule has 6 nitrogen and oxygen atoms in total. The number of aryl methyl sites for hydroxylation is 3. The fourth-order valence-corrected chi connectivity index (χ4v) is 2.98. The average Bonchev–Trinajstić information content (AvgIpc) is 2.65. The Balaban J connectivity index is 1.75. The summed E-state index contributed by atoms with van der Waals surface area (Å²) in [6.45, 7) is 5.96. The van der Waals surface area contributed by atoms with Gasteiger partial charge in [-0.1, -0.05) is 47.5 Å².